The van der Waals surface area contributed by atoms with Gasteiger partial charge in [-0.2, -0.15) is 0 Å². The number of esters is 2. The highest BCUT2D eigenvalue weighted by Crippen LogP contribution is 2.32. The molecule has 0 bridgehead atoms. The Kier molecular flexibility index (Phi) is 6.06. The van der Waals surface area contributed by atoms with Gasteiger partial charge in [0.05, 0.1) is 31.2 Å². The predicted octanol–water partition coefficient (Wildman–Crippen LogP) is 6.60. The molecule has 0 aliphatic rings. The quantitative estimate of drug-likeness (QED) is 0.396. The van der Waals surface area contributed by atoms with Gasteiger partial charge in [-0.3, -0.25) is 0 Å². The van der Waals surface area contributed by atoms with E-state index in [9.17, 15) is 9.59 Å². The van der Waals surface area contributed by atoms with Crippen LogP contribution in [-0.2, 0) is 4.74 Å². The van der Waals surface area contributed by atoms with E-state index in [1.807, 2.05) is 0 Å². The zero-order valence-corrected chi connectivity index (χ0v) is 15.3. The minimum atomic E-state index is -1.07. The van der Waals surface area contributed by atoms with Crippen molar-refractivity contribution in [3.05, 3.63) is 65.5 Å². The molecular weight excluding hydrogens is 429 g/mol. The van der Waals surface area contributed by atoms with Crippen LogP contribution in [0.2, 0.25) is 30.1 Å². The van der Waals surface area contributed by atoms with E-state index in [1.54, 1.807) is 0 Å². The van der Waals surface area contributed by atoms with Crippen LogP contribution in [0.25, 0.3) is 0 Å². The molecule has 0 aliphatic carbocycles. The van der Waals surface area contributed by atoms with E-state index in [4.69, 9.17) is 74.3 Å². The highest BCUT2D eigenvalue weighted by molar-refractivity contribution is 6.43. The van der Waals surface area contributed by atoms with Crippen molar-refractivity contribution in [1.82, 2.24) is 0 Å². The van der Waals surface area contributed by atoms with Crippen molar-refractivity contribution in [1.29, 1.82) is 0 Å². The molecule has 0 saturated carbocycles. The van der Waals surface area contributed by atoms with Crippen molar-refractivity contribution in [3.8, 4) is 0 Å². The minimum absolute atomic E-state index is 0.0615. The monoisotopic (exact) mass is 430 g/mol. The Hall–Kier alpha value is -0.680. The first-order valence-corrected chi connectivity index (χ1v) is 8.03. The van der Waals surface area contributed by atoms with Gasteiger partial charge in [0.15, 0.2) is 0 Å². The molecular formula is C14H4Cl6O3. The summed E-state index contributed by atoms with van der Waals surface area (Å²) >= 11 is 35.1. The third kappa shape index (κ3) is 4.24. The van der Waals surface area contributed by atoms with Crippen LogP contribution in [0.4, 0.5) is 0 Å². The van der Waals surface area contributed by atoms with Crippen LogP contribution in [0.5, 0.6) is 0 Å². The lowest BCUT2D eigenvalue weighted by Crippen LogP contribution is -2.14. The highest BCUT2D eigenvalue weighted by atomic mass is 35.5. The van der Waals surface area contributed by atoms with Crippen LogP contribution in [0.15, 0.2) is 24.3 Å². The van der Waals surface area contributed by atoms with Gasteiger partial charge in [-0.1, -0.05) is 69.6 Å². The van der Waals surface area contributed by atoms with E-state index in [1.165, 1.54) is 24.3 Å². The Bertz CT molecular complexity index is 705. The van der Waals surface area contributed by atoms with Gasteiger partial charge in [-0.15, -0.1) is 0 Å². The maximum Gasteiger partial charge on any atom is 0.349 e. The summed E-state index contributed by atoms with van der Waals surface area (Å²) in [5, 5.41) is 0.211. The number of carbonyl (C=O) groups is 2. The fourth-order valence-electron chi connectivity index (χ4n) is 1.66. The summed E-state index contributed by atoms with van der Waals surface area (Å²) in [5.74, 6) is -2.13. The van der Waals surface area contributed by atoms with Gasteiger partial charge in [-0.05, 0) is 24.3 Å². The summed E-state index contributed by atoms with van der Waals surface area (Å²) in [5.41, 5.74) is -0.403. The molecule has 0 saturated heterocycles. The van der Waals surface area contributed by atoms with Crippen molar-refractivity contribution < 1.29 is 14.3 Å². The normalized spacial score (nSPS) is 10.5. The topological polar surface area (TPSA) is 43.4 Å². The van der Waals surface area contributed by atoms with Crippen molar-refractivity contribution in [3.63, 3.8) is 0 Å². The third-order valence-electron chi connectivity index (χ3n) is 2.61. The Labute approximate surface area is 160 Å². The second-order valence-corrected chi connectivity index (χ2v) is 6.67. The summed E-state index contributed by atoms with van der Waals surface area (Å²) < 4.78 is 4.72. The van der Waals surface area contributed by atoms with Crippen LogP contribution in [0.3, 0.4) is 0 Å². The summed E-state index contributed by atoms with van der Waals surface area (Å²) in [7, 11) is 0. The largest absolute Gasteiger partial charge is 0.386 e. The molecule has 0 fully saturated rings. The molecule has 0 aromatic heterocycles. The van der Waals surface area contributed by atoms with Crippen LogP contribution in [0.1, 0.15) is 20.7 Å². The van der Waals surface area contributed by atoms with Gasteiger partial charge in [0.2, 0.25) is 0 Å². The number of benzene rings is 2. The lowest BCUT2D eigenvalue weighted by molar-refractivity contribution is 0.0398. The molecule has 2 rings (SSSR count). The van der Waals surface area contributed by atoms with Crippen LogP contribution in [-0.4, -0.2) is 11.9 Å². The summed E-state index contributed by atoms with van der Waals surface area (Å²) in [6.07, 6.45) is 0. The minimum Gasteiger partial charge on any atom is -0.386 e. The van der Waals surface area contributed by atoms with Gasteiger partial charge < -0.3 is 4.74 Å². The average Bonchev–Trinajstić information content (AvgIpc) is 2.35. The number of ether oxygens (including phenoxy) is 1. The van der Waals surface area contributed by atoms with Crippen LogP contribution >= 0.6 is 69.6 Å². The second-order valence-electron chi connectivity index (χ2n) is 4.17. The SMILES string of the molecule is O=C(OC(=O)c1c(Cl)cc(Cl)cc1Cl)c1c(Cl)cc(Cl)cc1Cl. The van der Waals surface area contributed by atoms with Gasteiger partial charge in [0.25, 0.3) is 0 Å². The highest BCUT2D eigenvalue weighted by Gasteiger charge is 2.24. The van der Waals surface area contributed by atoms with Crippen molar-refractivity contribution in [2.75, 3.05) is 0 Å². The summed E-state index contributed by atoms with van der Waals surface area (Å²) in [6.45, 7) is 0. The van der Waals surface area contributed by atoms with E-state index >= 15 is 0 Å². The molecule has 3 nitrogen and oxygen atoms in total. The lowest BCUT2D eigenvalue weighted by atomic mass is 10.2. The molecule has 0 aliphatic heterocycles. The smallest absolute Gasteiger partial charge is 0.349 e. The summed E-state index contributed by atoms with van der Waals surface area (Å²) in [6, 6.07) is 5.16. The molecule has 2 aromatic carbocycles. The molecule has 0 radical (unpaired) electrons. The van der Waals surface area contributed by atoms with E-state index in [2.05, 4.69) is 0 Å². The predicted molar refractivity (Wildman–Crippen MR) is 92.7 cm³/mol. The number of carbonyl (C=O) groups excluding carboxylic acids is 2. The Morgan fingerprint density at radius 3 is 1.13 bits per heavy atom. The Balaban J connectivity index is 2.33. The maximum atomic E-state index is 12.1. The molecule has 120 valence electrons. The van der Waals surface area contributed by atoms with Gasteiger partial charge in [0.1, 0.15) is 0 Å². The third-order valence-corrected chi connectivity index (χ3v) is 4.24. The molecule has 0 heterocycles. The standard InChI is InChI=1S/C14H4Cl6O3/c15-5-1-7(17)11(8(18)2-5)13(21)23-14(22)12-9(19)3-6(16)4-10(12)20/h1-4H. The Morgan fingerprint density at radius 2 is 0.870 bits per heavy atom. The number of rotatable bonds is 2. The van der Waals surface area contributed by atoms with Crippen LogP contribution < -0.4 is 0 Å². The van der Waals surface area contributed by atoms with Gasteiger partial charge >= 0.3 is 11.9 Å². The first-order valence-electron chi connectivity index (χ1n) is 5.76. The van der Waals surface area contributed by atoms with E-state index in [-0.39, 0.29) is 41.3 Å². The maximum absolute atomic E-state index is 12.1. The fourth-order valence-corrected chi connectivity index (χ4v) is 3.60. The molecule has 0 N–H and O–H groups in total. The summed E-state index contributed by atoms with van der Waals surface area (Å²) in [4.78, 5) is 24.2. The second kappa shape index (κ2) is 7.47. The van der Waals surface area contributed by atoms with E-state index in [0.29, 0.717) is 0 Å². The molecule has 0 atom stereocenters. The van der Waals surface area contributed by atoms with Crippen LogP contribution in [0, 0.1) is 0 Å². The van der Waals surface area contributed by atoms with E-state index in [0.717, 1.165) is 0 Å². The first-order chi connectivity index (χ1) is 10.7. The van der Waals surface area contributed by atoms with Crippen molar-refractivity contribution >= 4 is 81.5 Å². The zero-order valence-electron chi connectivity index (χ0n) is 10.8. The average molecular weight is 433 g/mol. The van der Waals surface area contributed by atoms with Crippen molar-refractivity contribution in [2.24, 2.45) is 0 Å². The molecule has 0 spiro atoms. The fraction of sp³-hybridized carbons (Fsp3) is 0. The molecule has 9 heteroatoms. The first kappa shape index (κ1) is 18.7. The van der Waals surface area contributed by atoms with Gasteiger partial charge in [-0.25, -0.2) is 9.59 Å². The Morgan fingerprint density at radius 1 is 0.609 bits per heavy atom. The van der Waals surface area contributed by atoms with Gasteiger partial charge in [0, 0.05) is 10.0 Å². The molecule has 23 heavy (non-hydrogen) atoms. The number of hydrogen-bond acceptors (Lipinski definition) is 3. The number of hydrogen-bond donors (Lipinski definition) is 0. The number of halogens is 6. The lowest BCUT2D eigenvalue weighted by Gasteiger charge is -2.09. The molecule has 0 unspecified atom stereocenters. The zero-order chi connectivity index (χ0) is 17.3. The van der Waals surface area contributed by atoms with E-state index < -0.39 is 11.9 Å². The molecule has 0 amide bonds. The van der Waals surface area contributed by atoms with Crippen molar-refractivity contribution in [2.45, 2.75) is 0 Å². The molecule has 2 aromatic rings.